The van der Waals surface area contributed by atoms with E-state index in [1.165, 1.54) is 6.42 Å². The number of rotatable bonds is 2. The first-order valence-electron chi connectivity index (χ1n) is 7.65. The van der Waals surface area contributed by atoms with Gasteiger partial charge in [-0.15, -0.1) is 24.0 Å². The molecule has 0 aromatic rings. The van der Waals surface area contributed by atoms with E-state index in [2.05, 4.69) is 10.3 Å². The Labute approximate surface area is 151 Å². The molecule has 0 aromatic heterocycles. The molecule has 1 N–H and O–H groups in total. The van der Waals surface area contributed by atoms with Gasteiger partial charge in [0.05, 0.1) is 16.6 Å². The Balaban J connectivity index is 0.00000242. The largest absolute Gasteiger partial charge is 0.376 e. The van der Waals surface area contributed by atoms with E-state index in [4.69, 9.17) is 4.74 Å². The van der Waals surface area contributed by atoms with Crippen LogP contribution in [0.1, 0.15) is 33.1 Å². The SMILES string of the molecule is CN=C(NCC1CCCCO1)N1CCS(=O)(=O)C(C)(C)C1.I. The molecular formula is C14H28IN3O3S. The lowest BCUT2D eigenvalue weighted by Crippen LogP contribution is -2.57. The molecule has 0 saturated carbocycles. The van der Waals surface area contributed by atoms with Crippen LogP contribution in [0, 0.1) is 0 Å². The van der Waals surface area contributed by atoms with Gasteiger partial charge >= 0.3 is 0 Å². The van der Waals surface area contributed by atoms with E-state index in [0.717, 1.165) is 32.0 Å². The van der Waals surface area contributed by atoms with Gasteiger partial charge in [-0.2, -0.15) is 0 Å². The summed E-state index contributed by atoms with van der Waals surface area (Å²) in [6, 6.07) is 0. The van der Waals surface area contributed by atoms with Crippen molar-refractivity contribution in [2.45, 2.75) is 44.0 Å². The highest BCUT2D eigenvalue weighted by Crippen LogP contribution is 2.23. The Morgan fingerprint density at radius 3 is 2.68 bits per heavy atom. The topological polar surface area (TPSA) is 71.0 Å². The van der Waals surface area contributed by atoms with Gasteiger partial charge in [0.15, 0.2) is 15.8 Å². The van der Waals surface area contributed by atoms with Gasteiger partial charge in [-0.3, -0.25) is 4.99 Å². The normalized spacial score (nSPS) is 27.9. The zero-order valence-electron chi connectivity index (χ0n) is 13.7. The summed E-state index contributed by atoms with van der Waals surface area (Å²) in [5, 5.41) is 3.33. The van der Waals surface area contributed by atoms with E-state index in [-0.39, 0.29) is 35.8 Å². The van der Waals surface area contributed by atoms with Crippen LogP contribution in [0.15, 0.2) is 4.99 Å². The van der Waals surface area contributed by atoms with Crippen molar-refractivity contribution in [2.24, 2.45) is 4.99 Å². The number of ether oxygens (including phenoxy) is 1. The Kier molecular flexibility index (Phi) is 7.38. The van der Waals surface area contributed by atoms with Crippen LogP contribution in [0.5, 0.6) is 0 Å². The van der Waals surface area contributed by atoms with Crippen LogP contribution < -0.4 is 5.32 Å². The molecule has 6 nitrogen and oxygen atoms in total. The predicted octanol–water partition coefficient (Wildman–Crippen LogP) is 1.26. The Morgan fingerprint density at radius 1 is 1.41 bits per heavy atom. The second-order valence-electron chi connectivity index (χ2n) is 6.42. The summed E-state index contributed by atoms with van der Waals surface area (Å²) in [5.74, 6) is 0.952. The van der Waals surface area contributed by atoms with Gasteiger partial charge in [-0.25, -0.2) is 8.42 Å². The summed E-state index contributed by atoms with van der Waals surface area (Å²) < 4.78 is 29.1. The van der Waals surface area contributed by atoms with Gasteiger partial charge in [-0.1, -0.05) is 0 Å². The van der Waals surface area contributed by atoms with Crippen molar-refractivity contribution in [3.05, 3.63) is 0 Å². The molecule has 0 aromatic carbocycles. The molecule has 0 amide bonds. The first-order chi connectivity index (χ1) is 9.86. The van der Waals surface area contributed by atoms with Crippen LogP contribution in [0.25, 0.3) is 0 Å². The maximum absolute atomic E-state index is 12.1. The number of nitrogens with one attached hydrogen (secondary N) is 1. The van der Waals surface area contributed by atoms with E-state index in [1.54, 1.807) is 20.9 Å². The van der Waals surface area contributed by atoms with Crippen molar-refractivity contribution in [3.8, 4) is 0 Å². The maximum atomic E-state index is 12.1. The molecule has 0 bridgehead atoms. The minimum Gasteiger partial charge on any atom is -0.376 e. The molecule has 2 rings (SSSR count). The van der Waals surface area contributed by atoms with E-state index >= 15 is 0 Å². The molecule has 1 unspecified atom stereocenters. The smallest absolute Gasteiger partial charge is 0.193 e. The van der Waals surface area contributed by atoms with Crippen molar-refractivity contribution < 1.29 is 13.2 Å². The summed E-state index contributed by atoms with van der Waals surface area (Å²) in [4.78, 5) is 6.32. The fraction of sp³-hybridized carbons (Fsp3) is 0.929. The van der Waals surface area contributed by atoms with Crippen LogP contribution in [0.3, 0.4) is 0 Å². The highest BCUT2D eigenvalue weighted by atomic mass is 127. The second kappa shape index (κ2) is 8.14. The average Bonchev–Trinajstić information content (AvgIpc) is 2.44. The quantitative estimate of drug-likeness (QED) is 0.394. The highest BCUT2D eigenvalue weighted by Gasteiger charge is 2.41. The van der Waals surface area contributed by atoms with Crippen molar-refractivity contribution in [1.29, 1.82) is 0 Å². The lowest BCUT2D eigenvalue weighted by atomic mass is 10.1. The first kappa shape index (κ1) is 20.0. The van der Waals surface area contributed by atoms with E-state index < -0.39 is 14.6 Å². The fourth-order valence-corrected chi connectivity index (χ4v) is 4.20. The molecule has 0 radical (unpaired) electrons. The van der Waals surface area contributed by atoms with Crippen molar-refractivity contribution in [1.82, 2.24) is 10.2 Å². The van der Waals surface area contributed by atoms with Crippen LogP contribution in [-0.4, -0.2) is 69.2 Å². The molecule has 1 atom stereocenters. The molecule has 2 saturated heterocycles. The summed E-state index contributed by atoms with van der Waals surface area (Å²) in [6.07, 6.45) is 3.66. The molecule has 0 aliphatic carbocycles. The standard InChI is InChI=1S/C14H27N3O3S.HI/c1-14(2)11-17(7-9-21(14,18)19)13(15-3)16-10-12-6-4-5-8-20-12;/h12H,4-11H2,1-3H3,(H,15,16);1H. The Bertz CT molecular complexity index is 488. The number of halogens is 1. The number of guanidine groups is 1. The number of nitrogens with zero attached hydrogens (tertiary/aromatic N) is 2. The third-order valence-corrected chi connectivity index (χ3v) is 6.85. The average molecular weight is 445 g/mol. The highest BCUT2D eigenvalue weighted by molar-refractivity contribution is 14.0. The lowest BCUT2D eigenvalue weighted by molar-refractivity contribution is 0.0191. The third-order valence-electron chi connectivity index (χ3n) is 4.32. The Hall–Kier alpha value is -0.0900. The third kappa shape index (κ3) is 4.70. The molecule has 8 heteroatoms. The Morgan fingerprint density at radius 2 is 2.14 bits per heavy atom. The zero-order chi connectivity index (χ0) is 15.5. The van der Waals surface area contributed by atoms with E-state index in [0.29, 0.717) is 13.1 Å². The molecule has 0 spiro atoms. The van der Waals surface area contributed by atoms with Crippen LogP contribution in [0.2, 0.25) is 0 Å². The summed E-state index contributed by atoms with van der Waals surface area (Å²) in [5.41, 5.74) is 0. The molecule has 2 aliphatic heterocycles. The molecule has 2 fully saturated rings. The van der Waals surface area contributed by atoms with Crippen LogP contribution in [-0.2, 0) is 14.6 Å². The molecule has 2 aliphatic rings. The predicted molar refractivity (Wildman–Crippen MR) is 99.8 cm³/mol. The van der Waals surface area contributed by atoms with E-state index in [9.17, 15) is 8.42 Å². The summed E-state index contributed by atoms with van der Waals surface area (Å²) in [7, 11) is -1.28. The van der Waals surface area contributed by atoms with Crippen LogP contribution >= 0.6 is 24.0 Å². The molecule has 22 heavy (non-hydrogen) atoms. The fourth-order valence-electron chi connectivity index (χ4n) is 2.83. The number of hydrogen-bond donors (Lipinski definition) is 1. The molecule has 2 heterocycles. The van der Waals surface area contributed by atoms with Gasteiger partial charge in [0.2, 0.25) is 0 Å². The van der Waals surface area contributed by atoms with E-state index in [1.807, 2.05) is 4.90 Å². The van der Waals surface area contributed by atoms with Gasteiger partial charge < -0.3 is 15.0 Å². The van der Waals surface area contributed by atoms with Gasteiger partial charge in [0.25, 0.3) is 0 Å². The second-order valence-corrected chi connectivity index (χ2v) is 9.16. The van der Waals surface area contributed by atoms with Crippen molar-refractivity contribution >= 4 is 39.8 Å². The van der Waals surface area contributed by atoms with Gasteiger partial charge in [0.1, 0.15) is 0 Å². The lowest BCUT2D eigenvalue weighted by Gasteiger charge is -2.39. The minimum atomic E-state index is -3.02. The first-order valence-corrected chi connectivity index (χ1v) is 9.30. The number of hydrogen-bond acceptors (Lipinski definition) is 4. The summed E-state index contributed by atoms with van der Waals surface area (Å²) in [6.45, 7) is 6.10. The van der Waals surface area contributed by atoms with Crippen molar-refractivity contribution in [2.75, 3.05) is 39.0 Å². The molecular weight excluding hydrogens is 417 g/mol. The van der Waals surface area contributed by atoms with Gasteiger partial charge in [-0.05, 0) is 33.1 Å². The minimum absolute atomic E-state index is 0. The van der Waals surface area contributed by atoms with Crippen molar-refractivity contribution in [3.63, 3.8) is 0 Å². The molecule has 130 valence electrons. The summed E-state index contributed by atoms with van der Waals surface area (Å²) >= 11 is 0. The number of aliphatic imine (C=N–C) groups is 1. The van der Waals surface area contributed by atoms with Gasteiger partial charge in [0, 0.05) is 33.3 Å². The maximum Gasteiger partial charge on any atom is 0.193 e. The number of sulfone groups is 1. The monoisotopic (exact) mass is 445 g/mol. The van der Waals surface area contributed by atoms with Crippen LogP contribution in [0.4, 0.5) is 0 Å². The zero-order valence-corrected chi connectivity index (χ0v) is 16.8.